The van der Waals surface area contributed by atoms with Gasteiger partial charge in [0.05, 0.1) is 0 Å². The molecule has 0 heterocycles. The van der Waals surface area contributed by atoms with Crippen molar-refractivity contribution in [3.63, 3.8) is 0 Å². The minimum absolute atomic E-state index is 0.139. The van der Waals surface area contributed by atoms with Crippen molar-refractivity contribution in [3.8, 4) is 0 Å². The summed E-state index contributed by atoms with van der Waals surface area (Å²) in [5.74, 6) is 0. The number of hydrogen-bond acceptors (Lipinski definition) is 6. The molecule has 0 saturated heterocycles. The van der Waals surface area contributed by atoms with Crippen LogP contribution in [0.4, 0.5) is 0 Å². The Labute approximate surface area is 127 Å². The first kappa shape index (κ1) is 15.8. The largest absolute Gasteiger partial charge is 0.306 e. The maximum Gasteiger partial charge on any atom is 0.0271 e. The van der Waals surface area contributed by atoms with Gasteiger partial charge < -0.3 is 4.90 Å². The first-order valence-electron chi connectivity index (χ1n) is 5.41. The summed E-state index contributed by atoms with van der Waals surface area (Å²) in [5, 5.41) is 0.973. The lowest BCUT2D eigenvalue weighted by atomic mass is 9.94. The summed E-state index contributed by atoms with van der Waals surface area (Å²) in [6.45, 7) is 0. The third-order valence-corrected chi connectivity index (χ3v) is 7.26. The van der Waals surface area contributed by atoms with Crippen molar-refractivity contribution >= 4 is 63.1 Å². The molecule has 0 bridgehead atoms. The lowest BCUT2D eigenvalue weighted by molar-refractivity contribution is 0.253. The second-order valence-electron chi connectivity index (χ2n) is 4.70. The van der Waals surface area contributed by atoms with Crippen LogP contribution in [-0.4, -0.2) is 51.3 Å². The molecule has 1 rings (SSSR count). The van der Waals surface area contributed by atoms with E-state index in [0.717, 1.165) is 12.8 Å². The zero-order valence-corrected chi connectivity index (χ0v) is 14.0. The molecule has 0 N–H and O–H groups in total. The summed E-state index contributed by atoms with van der Waals surface area (Å²) < 4.78 is 0. The van der Waals surface area contributed by atoms with Gasteiger partial charge in [0.1, 0.15) is 0 Å². The molecule has 1 nitrogen and oxygen atoms in total. The average molecular weight is 316 g/mol. The van der Waals surface area contributed by atoms with E-state index in [1.807, 2.05) is 0 Å². The fourth-order valence-corrected chi connectivity index (χ4v) is 4.31. The van der Waals surface area contributed by atoms with Crippen molar-refractivity contribution in [2.75, 3.05) is 14.1 Å². The predicted octanol–water partition coefficient (Wildman–Crippen LogP) is 2.20. The number of nitrogens with zero attached hydrogens (tertiary/aromatic N) is 1. The first-order valence-corrected chi connectivity index (χ1v) is 7.99. The molecule has 6 heteroatoms. The van der Waals surface area contributed by atoms with Crippen molar-refractivity contribution in [1.29, 1.82) is 0 Å². The molecule has 1 aliphatic carbocycles. The Morgan fingerprint density at radius 1 is 0.750 bits per heavy atom. The molecule has 0 aliphatic heterocycles. The molecule has 0 aromatic rings. The smallest absolute Gasteiger partial charge is 0.0271 e. The molecular weight excluding hydrogens is 294 g/mol. The molecule has 16 heavy (non-hydrogen) atoms. The molecule has 0 aromatic heterocycles. The quantitative estimate of drug-likeness (QED) is 0.464. The number of hydrogen-bond donors (Lipinski definition) is 5. The van der Waals surface area contributed by atoms with E-state index in [1.165, 1.54) is 0 Å². The lowest BCUT2D eigenvalue weighted by Crippen LogP contribution is -2.46. The Kier molecular flexibility index (Phi) is 6.66. The van der Waals surface area contributed by atoms with Gasteiger partial charge in [-0.1, -0.05) is 0 Å². The van der Waals surface area contributed by atoms with E-state index in [-0.39, 0.29) is 26.2 Å². The highest BCUT2D eigenvalue weighted by Crippen LogP contribution is 2.34. The molecule has 0 spiro atoms. The van der Waals surface area contributed by atoms with Crippen molar-refractivity contribution in [2.24, 2.45) is 0 Å². The normalized spacial score (nSPS) is 46.5. The van der Waals surface area contributed by atoms with Gasteiger partial charge in [0.25, 0.3) is 0 Å². The lowest BCUT2D eigenvalue weighted by Gasteiger charge is -2.39. The van der Waals surface area contributed by atoms with E-state index in [4.69, 9.17) is 0 Å². The van der Waals surface area contributed by atoms with E-state index in [1.54, 1.807) is 0 Å². The summed E-state index contributed by atoms with van der Waals surface area (Å²) in [4.78, 5) is 2.24. The van der Waals surface area contributed by atoms with Crippen LogP contribution in [0, 0.1) is 0 Å². The summed E-state index contributed by atoms with van der Waals surface area (Å²) in [6.07, 6.45) is 2.05. The van der Waals surface area contributed by atoms with Gasteiger partial charge in [0.2, 0.25) is 0 Å². The van der Waals surface area contributed by atoms with Crippen molar-refractivity contribution in [1.82, 2.24) is 4.90 Å². The first-order chi connectivity index (χ1) is 7.34. The molecule has 4 unspecified atom stereocenters. The van der Waals surface area contributed by atoms with Crippen molar-refractivity contribution in [3.05, 3.63) is 0 Å². The summed E-state index contributed by atoms with van der Waals surface area (Å²) in [7, 11) is 4.21. The fraction of sp³-hybridized carbons (Fsp3) is 1.00. The van der Waals surface area contributed by atoms with Crippen molar-refractivity contribution < 1.29 is 0 Å². The third-order valence-electron chi connectivity index (χ3n) is 3.25. The molecule has 1 fully saturated rings. The van der Waals surface area contributed by atoms with Gasteiger partial charge >= 0.3 is 0 Å². The van der Waals surface area contributed by atoms with Crippen LogP contribution in [0.3, 0.4) is 0 Å². The molecule has 4 atom stereocenters. The van der Waals surface area contributed by atoms with Gasteiger partial charge in [-0.3, -0.25) is 0 Å². The van der Waals surface area contributed by atoms with Gasteiger partial charge in [0, 0.05) is 32.3 Å². The van der Waals surface area contributed by atoms with Gasteiger partial charge in [0.15, 0.2) is 0 Å². The second kappa shape index (κ2) is 6.75. The van der Waals surface area contributed by atoms with Crippen LogP contribution in [0.5, 0.6) is 0 Å². The van der Waals surface area contributed by atoms with Gasteiger partial charge in [-0.25, -0.2) is 0 Å². The van der Waals surface area contributed by atoms with Gasteiger partial charge in [-0.2, -0.15) is 63.1 Å². The Morgan fingerprint density at radius 3 is 1.44 bits per heavy atom. The highest BCUT2D eigenvalue weighted by Gasteiger charge is 2.36. The van der Waals surface area contributed by atoms with E-state index in [0.29, 0.717) is 6.04 Å². The molecule has 96 valence electrons. The zero-order valence-electron chi connectivity index (χ0n) is 9.56. The standard InChI is InChI=1S/C10H21NS5/c1-11(2)5-3-6(12)8(14)10(16)9(15)7(13)4-5/h5-10,12-16H,3-4H2,1-2H3. The number of rotatable bonds is 1. The molecule has 0 amide bonds. The fourth-order valence-electron chi connectivity index (χ4n) is 2.01. The minimum atomic E-state index is 0.139. The van der Waals surface area contributed by atoms with Gasteiger partial charge in [-0.15, -0.1) is 0 Å². The summed E-state index contributed by atoms with van der Waals surface area (Å²) in [6, 6.07) is 0.495. The SMILES string of the molecule is CN(C)C1CC(S)C(S)C(S)C(S)C(S)C1. The Bertz CT molecular complexity index is 207. The van der Waals surface area contributed by atoms with Crippen LogP contribution in [0.15, 0.2) is 0 Å². The predicted molar refractivity (Wildman–Crippen MR) is 90.6 cm³/mol. The van der Waals surface area contributed by atoms with Crippen LogP contribution in [0.2, 0.25) is 0 Å². The average Bonchev–Trinajstić information content (AvgIpc) is 2.23. The van der Waals surface area contributed by atoms with Crippen LogP contribution in [-0.2, 0) is 0 Å². The molecule has 0 aromatic carbocycles. The van der Waals surface area contributed by atoms with E-state index < -0.39 is 0 Å². The van der Waals surface area contributed by atoms with Crippen LogP contribution < -0.4 is 0 Å². The molecular formula is C10H21NS5. The van der Waals surface area contributed by atoms with Crippen LogP contribution in [0.1, 0.15) is 12.8 Å². The molecule has 1 saturated carbocycles. The highest BCUT2D eigenvalue weighted by atomic mass is 32.1. The van der Waals surface area contributed by atoms with Crippen molar-refractivity contribution in [2.45, 2.75) is 45.1 Å². The zero-order chi connectivity index (χ0) is 12.5. The van der Waals surface area contributed by atoms with Crippen LogP contribution in [0.25, 0.3) is 0 Å². The topological polar surface area (TPSA) is 3.24 Å². The number of thiol groups is 5. The summed E-state index contributed by atoms with van der Waals surface area (Å²) >= 11 is 23.1. The van der Waals surface area contributed by atoms with E-state index in [2.05, 4.69) is 82.1 Å². The Hall–Kier alpha value is 1.71. The van der Waals surface area contributed by atoms with E-state index >= 15 is 0 Å². The van der Waals surface area contributed by atoms with Crippen LogP contribution >= 0.6 is 63.1 Å². The maximum absolute atomic E-state index is 4.65. The monoisotopic (exact) mass is 315 g/mol. The highest BCUT2D eigenvalue weighted by molar-refractivity contribution is 7.89. The minimum Gasteiger partial charge on any atom is -0.306 e. The maximum atomic E-state index is 4.65. The third kappa shape index (κ3) is 3.85. The second-order valence-corrected chi connectivity index (χ2v) is 7.81. The Balaban J connectivity index is 2.80. The summed E-state index contributed by atoms with van der Waals surface area (Å²) in [5.41, 5.74) is 0. The molecule has 1 aliphatic rings. The van der Waals surface area contributed by atoms with Gasteiger partial charge in [-0.05, 0) is 26.9 Å². The van der Waals surface area contributed by atoms with E-state index in [9.17, 15) is 0 Å². The Morgan fingerprint density at radius 2 is 1.12 bits per heavy atom. The molecule has 0 radical (unpaired) electrons.